The Morgan fingerprint density at radius 3 is 1.55 bits per heavy atom. The van der Waals surface area contributed by atoms with Crippen LogP contribution in [0.15, 0.2) is 212 Å². The van der Waals surface area contributed by atoms with Crippen molar-refractivity contribution in [1.29, 1.82) is 0 Å². The molecule has 9 aromatic carbocycles. The van der Waals surface area contributed by atoms with Crippen LogP contribution in [0.4, 0.5) is 0 Å². The summed E-state index contributed by atoms with van der Waals surface area (Å²) in [4.78, 5) is 11.0. The Bertz CT molecular complexity index is 3420. The summed E-state index contributed by atoms with van der Waals surface area (Å²) < 4.78 is 2.36. The van der Waals surface area contributed by atoms with E-state index in [0.29, 0.717) is 5.95 Å². The van der Waals surface area contributed by atoms with Crippen molar-refractivity contribution in [3.05, 3.63) is 235 Å². The average Bonchev–Trinajstić information content (AvgIpc) is 3.77. The zero-order valence-electron chi connectivity index (χ0n) is 32.5. The fourth-order valence-electron chi connectivity index (χ4n) is 10.6. The number of benzene rings is 9. The highest BCUT2D eigenvalue weighted by Crippen LogP contribution is 2.62. The lowest BCUT2D eigenvalue weighted by Gasteiger charge is -2.34. The van der Waals surface area contributed by atoms with E-state index in [2.05, 4.69) is 217 Å². The number of hydrogen-bond acceptors (Lipinski definition) is 2. The van der Waals surface area contributed by atoms with Gasteiger partial charge in [-0.2, -0.15) is 0 Å². The van der Waals surface area contributed by atoms with Gasteiger partial charge in [0.25, 0.3) is 0 Å². The predicted octanol–water partition coefficient (Wildman–Crippen LogP) is 14.1. The van der Waals surface area contributed by atoms with Gasteiger partial charge in [0.05, 0.1) is 27.8 Å². The van der Waals surface area contributed by atoms with Crippen LogP contribution in [0, 0.1) is 0 Å². The van der Waals surface area contributed by atoms with E-state index in [-0.39, 0.29) is 0 Å². The highest BCUT2D eigenvalue weighted by Gasteiger charge is 2.48. The van der Waals surface area contributed by atoms with Gasteiger partial charge in [-0.05, 0) is 79.0 Å². The highest BCUT2D eigenvalue weighted by atomic mass is 15.2. The van der Waals surface area contributed by atoms with Gasteiger partial charge in [-0.1, -0.05) is 194 Å². The summed E-state index contributed by atoms with van der Waals surface area (Å²) in [7, 11) is 0. The summed E-state index contributed by atoms with van der Waals surface area (Å²) in [5.74, 6) is 0.646. The smallest absolute Gasteiger partial charge is 0.235 e. The van der Waals surface area contributed by atoms with Gasteiger partial charge in [-0.15, -0.1) is 0 Å². The van der Waals surface area contributed by atoms with E-state index in [1.54, 1.807) is 0 Å². The maximum absolute atomic E-state index is 5.50. The third-order valence-corrected chi connectivity index (χ3v) is 13.0. The van der Waals surface area contributed by atoms with Gasteiger partial charge in [-0.3, -0.25) is 4.57 Å². The molecule has 0 amide bonds. The Kier molecular flexibility index (Phi) is 6.93. The highest BCUT2D eigenvalue weighted by molar-refractivity contribution is 6.32. The minimum absolute atomic E-state index is 0.605. The molecular weight excluding hydrogens is 727 g/mol. The first-order valence-corrected chi connectivity index (χ1v) is 20.7. The van der Waals surface area contributed by atoms with Crippen LogP contribution in [0.2, 0.25) is 0 Å². The molecule has 2 aromatic heterocycles. The van der Waals surface area contributed by atoms with Crippen molar-refractivity contribution in [3.63, 3.8) is 0 Å². The maximum Gasteiger partial charge on any atom is 0.235 e. The van der Waals surface area contributed by atoms with Gasteiger partial charge in [0, 0.05) is 27.5 Å². The van der Waals surface area contributed by atoms with E-state index in [9.17, 15) is 0 Å². The minimum atomic E-state index is -0.605. The van der Waals surface area contributed by atoms with Crippen LogP contribution in [0.25, 0.3) is 94.4 Å². The molecule has 278 valence electrons. The average molecular weight is 762 g/mol. The van der Waals surface area contributed by atoms with Gasteiger partial charge in [0.2, 0.25) is 5.95 Å². The lowest BCUT2D eigenvalue weighted by Crippen LogP contribution is -2.28. The topological polar surface area (TPSA) is 30.7 Å². The number of aromatic nitrogens is 3. The SMILES string of the molecule is c1ccc(-c2cc(-c3ccccc3)nc(-n3c4cc5c(c6c4c4c7c(cccc7ccc43)-c3ccccc3-6)-c3ccccc3C5(c3ccccc3)c3ccccc3)n2)cc1. The summed E-state index contributed by atoms with van der Waals surface area (Å²) in [6.45, 7) is 0. The quantitative estimate of drug-likeness (QED) is 0.175. The number of nitrogens with zero attached hydrogens (tertiary/aromatic N) is 3. The molecule has 0 saturated heterocycles. The summed E-state index contributed by atoms with van der Waals surface area (Å²) in [5, 5.41) is 4.94. The maximum atomic E-state index is 5.50. The second-order valence-corrected chi connectivity index (χ2v) is 16.0. The molecule has 0 atom stereocenters. The summed E-state index contributed by atoms with van der Waals surface area (Å²) >= 11 is 0. The first kappa shape index (κ1) is 33.1. The monoisotopic (exact) mass is 761 g/mol. The Labute approximate surface area is 347 Å². The molecule has 0 saturated carbocycles. The van der Waals surface area contributed by atoms with Crippen molar-refractivity contribution in [3.8, 4) is 61.8 Å². The van der Waals surface area contributed by atoms with E-state index in [1.807, 2.05) is 0 Å². The molecule has 3 nitrogen and oxygen atoms in total. The molecule has 0 aliphatic heterocycles. The van der Waals surface area contributed by atoms with Gasteiger partial charge in [0.1, 0.15) is 0 Å². The van der Waals surface area contributed by atoms with Crippen LogP contribution in [-0.2, 0) is 5.41 Å². The number of rotatable bonds is 5. The molecule has 2 heterocycles. The predicted molar refractivity (Wildman–Crippen MR) is 246 cm³/mol. The lowest BCUT2D eigenvalue weighted by atomic mass is 9.67. The number of hydrogen-bond donors (Lipinski definition) is 0. The molecule has 2 aliphatic rings. The first-order chi connectivity index (χ1) is 29.8. The van der Waals surface area contributed by atoms with Crippen LogP contribution < -0.4 is 0 Å². The van der Waals surface area contributed by atoms with Crippen LogP contribution in [-0.4, -0.2) is 14.5 Å². The third-order valence-electron chi connectivity index (χ3n) is 13.0. The fraction of sp³-hybridized carbons (Fsp3) is 0.0175. The number of fused-ring (bicyclic) bond motifs is 7. The molecule has 2 aliphatic carbocycles. The summed E-state index contributed by atoms with van der Waals surface area (Å²) in [6.07, 6.45) is 0. The molecule has 0 bridgehead atoms. The fourth-order valence-corrected chi connectivity index (χ4v) is 10.6. The second-order valence-electron chi connectivity index (χ2n) is 16.0. The van der Waals surface area contributed by atoms with Crippen molar-refractivity contribution >= 4 is 32.6 Å². The molecule has 11 aromatic rings. The van der Waals surface area contributed by atoms with Crippen LogP contribution in [0.3, 0.4) is 0 Å². The van der Waals surface area contributed by atoms with Gasteiger partial charge in [0.15, 0.2) is 0 Å². The Hall–Kier alpha value is -7.88. The van der Waals surface area contributed by atoms with Crippen LogP contribution in [0.5, 0.6) is 0 Å². The van der Waals surface area contributed by atoms with Crippen molar-refractivity contribution in [2.24, 2.45) is 0 Å². The van der Waals surface area contributed by atoms with Crippen molar-refractivity contribution < 1.29 is 0 Å². The standard InChI is InChI=1S/C57H35N3/c1-5-18-36(19-6-1)47-35-48(37-20-7-2-8-21-37)59-56(58-47)60-49-33-32-38-22-17-30-42-41-27-13-14-28-43(41)53-52-44-29-15-16-31-45(44)57(39-23-9-3-10-24-39,40-25-11-4-12-26-40)46(52)34-50(60)55(53)54(49)51(38)42/h1-35H. The lowest BCUT2D eigenvalue weighted by molar-refractivity contribution is 0.769. The third kappa shape index (κ3) is 4.44. The van der Waals surface area contributed by atoms with E-state index in [4.69, 9.17) is 9.97 Å². The zero-order chi connectivity index (χ0) is 39.4. The Morgan fingerprint density at radius 1 is 0.350 bits per heavy atom. The molecule has 60 heavy (non-hydrogen) atoms. The molecule has 3 heteroatoms. The van der Waals surface area contributed by atoms with Crippen LogP contribution in [0.1, 0.15) is 22.3 Å². The second kappa shape index (κ2) is 12.6. The summed E-state index contributed by atoms with van der Waals surface area (Å²) in [5.41, 5.74) is 18.0. The molecule has 13 rings (SSSR count). The zero-order valence-corrected chi connectivity index (χ0v) is 32.5. The van der Waals surface area contributed by atoms with Crippen LogP contribution >= 0.6 is 0 Å². The van der Waals surface area contributed by atoms with Crippen molar-refractivity contribution in [2.75, 3.05) is 0 Å². The molecule has 0 N–H and O–H groups in total. The van der Waals surface area contributed by atoms with Gasteiger partial charge < -0.3 is 0 Å². The normalized spacial score (nSPS) is 13.1. The van der Waals surface area contributed by atoms with Crippen molar-refractivity contribution in [1.82, 2.24) is 14.5 Å². The largest absolute Gasteiger partial charge is 0.278 e. The van der Waals surface area contributed by atoms with E-state index in [1.165, 1.54) is 77.2 Å². The summed E-state index contributed by atoms with van der Waals surface area (Å²) in [6, 6.07) is 77.3. The molecule has 0 unspecified atom stereocenters. The molecule has 0 radical (unpaired) electrons. The van der Waals surface area contributed by atoms with E-state index >= 15 is 0 Å². The molecule has 0 fully saturated rings. The van der Waals surface area contributed by atoms with E-state index in [0.717, 1.165) is 33.5 Å². The minimum Gasteiger partial charge on any atom is -0.278 e. The molecular formula is C57H35N3. The Balaban J connectivity index is 1.28. The van der Waals surface area contributed by atoms with E-state index < -0.39 is 5.41 Å². The Morgan fingerprint density at radius 2 is 0.900 bits per heavy atom. The van der Waals surface area contributed by atoms with Gasteiger partial charge in [-0.25, -0.2) is 9.97 Å². The first-order valence-electron chi connectivity index (χ1n) is 20.7. The molecule has 0 spiro atoms. The van der Waals surface area contributed by atoms with Crippen molar-refractivity contribution in [2.45, 2.75) is 5.41 Å². The van der Waals surface area contributed by atoms with Gasteiger partial charge >= 0.3 is 0 Å².